The van der Waals surface area contributed by atoms with Crippen molar-refractivity contribution < 1.29 is 0 Å². The molecule has 0 N–H and O–H groups in total. The number of hydrogen-bond acceptors (Lipinski definition) is 3. The van der Waals surface area contributed by atoms with Crippen LogP contribution in [0.15, 0.2) is 9.92 Å². The van der Waals surface area contributed by atoms with E-state index >= 15 is 0 Å². The van der Waals surface area contributed by atoms with Gasteiger partial charge in [0.05, 0.1) is 10.6 Å². The summed E-state index contributed by atoms with van der Waals surface area (Å²) in [4.78, 5) is 0.894. The van der Waals surface area contributed by atoms with Crippen LogP contribution in [0.5, 0.6) is 0 Å². The fraction of sp³-hybridized carbons (Fsp3) is 0.571. The molecule has 0 saturated heterocycles. The maximum atomic E-state index is 4.31. The van der Waals surface area contributed by atoms with Crippen LogP contribution in [0.1, 0.15) is 25.5 Å². The van der Waals surface area contributed by atoms with Crippen molar-refractivity contribution in [1.82, 2.24) is 9.78 Å². The van der Waals surface area contributed by atoms with E-state index in [1.807, 2.05) is 11.7 Å². The van der Waals surface area contributed by atoms with Crippen LogP contribution in [-0.4, -0.2) is 9.78 Å². The second-order valence-corrected chi connectivity index (χ2v) is 3.71. The van der Waals surface area contributed by atoms with E-state index in [1.54, 1.807) is 0 Å². The maximum Gasteiger partial charge on any atom is 0.129 e. The topological polar surface area (TPSA) is 17.8 Å². The zero-order valence-electron chi connectivity index (χ0n) is 6.87. The molecule has 1 aromatic heterocycles. The highest BCUT2D eigenvalue weighted by Gasteiger charge is 2.12. The first kappa shape index (κ1) is 9.00. The van der Waals surface area contributed by atoms with E-state index in [-0.39, 0.29) is 0 Å². The normalized spacial score (nSPS) is 11.1. The van der Waals surface area contributed by atoms with Gasteiger partial charge in [0.25, 0.3) is 0 Å². The van der Waals surface area contributed by atoms with E-state index in [0.29, 0.717) is 10.9 Å². The molecular formula is C7H12N2S2. The molecule has 1 aromatic rings. The molecule has 0 aliphatic carbocycles. The lowest BCUT2D eigenvalue weighted by Crippen LogP contribution is -1.99. The molecule has 62 valence electrons. The van der Waals surface area contributed by atoms with Gasteiger partial charge in [0.15, 0.2) is 0 Å². The van der Waals surface area contributed by atoms with Crippen molar-refractivity contribution in [3.63, 3.8) is 0 Å². The van der Waals surface area contributed by atoms with Crippen molar-refractivity contribution in [3.05, 3.63) is 5.69 Å². The third kappa shape index (κ3) is 1.56. The minimum Gasteiger partial charge on any atom is -0.270 e. The summed E-state index contributed by atoms with van der Waals surface area (Å²) in [6, 6.07) is 0. The fourth-order valence-electron chi connectivity index (χ4n) is 1.16. The van der Waals surface area contributed by atoms with Gasteiger partial charge in [0.1, 0.15) is 5.03 Å². The van der Waals surface area contributed by atoms with Crippen LogP contribution in [0.4, 0.5) is 0 Å². The number of aromatic nitrogens is 2. The molecule has 0 fully saturated rings. The largest absolute Gasteiger partial charge is 0.270 e. The summed E-state index contributed by atoms with van der Waals surface area (Å²) < 4.78 is 1.83. The number of thiol groups is 2. The van der Waals surface area contributed by atoms with Crippen LogP contribution in [-0.2, 0) is 7.05 Å². The summed E-state index contributed by atoms with van der Waals surface area (Å²) in [5.74, 6) is 0.445. The van der Waals surface area contributed by atoms with Gasteiger partial charge in [-0.3, -0.25) is 4.68 Å². The van der Waals surface area contributed by atoms with Crippen LogP contribution < -0.4 is 0 Å². The van der Waals surface area contributed by atoms with E-state index in [9.17, 15) is 0 Å². The predicted molar refractivity (Wildman–Crippen MR) is 51.8 cm³/mol. The zero-order valence-corrected chi connectivity index (χ0v) is 8.66. The van der Waals surface area contributed by atoms with Gasteiger partial charge >= 0.3 is 0 Å². The molecule has 0 aliphatic heterocycles. The Kier molecular flexibility index (Phi) is 2.54. The molecule has 0 unspecified atom stereocenters. The monoisotopic (exact) mass is 188 g/mol. The van der Waals surface area contributed by atoms with Crippen LogP contribution in [0.3, 0.4) is 0 Å². The molecule has 4 heteroatoms. The molecule has 1 heterocycles. The molecule has 0 aromatic carbocycles. The smallest absolute Gasteiger partial charge is 0.129 e. The van der Waals surface area contributed by atoms with Gasteiger partial charge < -0.3 is 0 Å². The summed E-state index contributed by atoms with van der Waals surface area (Å²) in [6.07, 6.45) is 0. The van der Waals surface area contributed by atoms with Gasteiger partial charge in [0, 0.05) is 7.05 Å². The Morgan fingerprint density at radius 2 is 1.91 bits per heavy atom. The summed E-state index contributed by atoms with van der Waals surface area (Å²) in [6.45, 7) is 4.23. The average molecular weight is 188 g/mol. The lowest BCUT2D eigenvalue weighted by molar-refractivity contribution is 0.654. The molecule has 11 heavy (non-hydrogen) atoms. The van der Waals surface area contributed by atoms with Crippen molar-refractivity contribution in [2.75, 3.05) is 0 Å². The zero-order chi connectivity index (χ0) is 8.59. The Morgan fingerprint density at radius 1 is 1.36 bits per heavy atom. The Hall–Kier alpha value is -0.0900. The van der Waals surface area contributed by atoms with E-state index in [4.69, 9.17) is 0 Å². The summed E-state index contributed by atoms with van der Waals surface area (Å²) in [5.41, 5.74) is 1.14. The first-order chi connectivity index (χ1) is 5.04. The summed E-state index contributed by atoms with van der Waals surface area (Å²) in [5, 5.41) is 4.84. The molecule has 0 bridgehead atoms. The lowest BCUT2D eigenvalue weighted by Gasteiger charge is -2.05. The van der Waals surface area contributed by atoms with E-state index in [1.165, 1.54) is 0 Å². The third-order valence-electron chi connectivity index (χ3n) is 1.59. The second-order valence-electron chi connectivity index (χ2n) is 2.84. The highest BCUT2D eigenvalue weighted by molar-refractivity contribution is 7.83. The highest BCUT2D eigenvalue weighted by atomic mass is 32.1. The predicted octanol–water partition coefficient (Wildman–Crippen LogP) is 2.12. The Labute approximate surface area is 77.8 Å². The average Bonchev–Trinajstić information content (AvgIpc) is 2.07. The maximum absolute atomic E-state index is 4.31. The molecule has 0 atom stereocenters. The Morgan fingerprint density at radius 3 is 2.09 bits per heavy atom. The Bertz CT molecular complexity index is 266. The lowest BCUT2D eigenvalue weighted by atomic mass is 10.1. The number of aryl methyl sites for hydroxylation is 1. The molecule has 1 rings (SSSR count). The first-order valence-corrected chi connectivity index (χ1v) is 4.38. The molecule has 0 radical (unpaired) electrons. The number of rotatable bonds is 1. The van der Waals surface area contributed by atoms with E-state index < -0.39 is 0 Å². The standard InChI is InChI=1S/C7H12N2S2/c1-4(2)5-6(10)7(11)8-9(5)3/h4,10H,1-3H3,(H,8,11). The van der Waals surface area contributed by atoms with Crippen LogP contribution in [0, 0.1) is 0 Å². The van der Waals surface area contributed by atoms with Crippen LogP contribution >= 0.6 is 25.3 Å². The molecule has 0 amide bonds. The van der Waals surface area contributed by atoms with Gasteiger partial charge in [-0.2, -0.15) is 5.10 Å². The third-order valence-corrected chi connectivity index (χ3v) is 2.53. The van der Waals surface area contributed by atoms with Crippen molar-refractivity contribution in [2.24, 2.45) is 7.05 Å². The van der Waals surface area contributed by atoms with Crippen LogP contribution in [0.2, 0.25) is 0 Å². The van der Waals surface area contributed by atoms with Gasteiger partial charge in [-0.05, 0) is 5.92 Å². The molecule has 0 spiro atoms. The van der Waals surface area contributed by atoms with Crippen molar-refractivity contribution in [1.29, 1.82) is 0 Å². The fourth-order valence-corrected chi connectivity index (χ4v) is 1.85. The minimum atomic E-state index is 0.445. The van der Waals surface area contributed by atoms with Crippen molar-refractivity contribution in [2.45, 2.75) is 29.7 Å². The second kappa shape index (κ2) is 3.11. The van der Waals surface area contributed by atoms with Gasteiger partial charge in [-0.1, -0.05) is 13.8 Å². The summed E-state index contributed by atoms with van der Waals surface area (Å²) in [7, 11) is 1.91. The Balaban J connectivity index is 3.22. The van der Waals surface area contributed by atoms with Crippen molar-refractivity contribution >= 4 is 25.3 Å². The molecular weight excluding hydrogens is 176 g/mol. The van der Waals surface area contributed by atoms with Gasteiger partial charge in [-0.25, -0.2) is 0 Å². The van der Waals surface area contributed by atoms with Gasteiger partial charge in [-0.15, -0.1) is 25.3 Å². The minimum absolute atomic E-state index is 0.445. The summed E-state index contributed by atoms with van der Waals surface area (Å²) >= 11 is 8.49. The quantitative estimate of drug-likeness (QED) is 0.646. The highest BCUT2D eigenvalue weighted by Crippen LogP contribution is 2.26. The van der Waals surface area contributed by atoms with Crippen LogP contribution in [0.25, 0.3) is 0 Å². The molecule has 0 saturated carbocycles. The first-order valence-electron chi connectivity index (χ1n) is 3.49. The number of nitrogens with zero attached hydrogens (tertiary/aromatic N) is 2. The van der Waals surface area contributed by atoms with Crippen molar-refractivity contribution in [3.8, 4) is 0 Å². The SMILES string of the molecule is CC(C)c1c(S)c(S)nn1C. The van der Waals surface area contributed by atoms with Gasteiger partial charge in [0.2, 0.25) is 0 Å². The molecule has 0 aliphatic rings. The number of hydrogen-bond donors (Lipinski definition) is 2. The molecule has 2 nitrogen and oxygen atoms in total. The van der Waals surface area contributed by atoms with E-state index in [0.717, 1.165) is 10.6 Å². The van der Waals surface area contributed by atoms with E-state index in [2.05, 4.69) is 44.2 Å².